The number of hydrogen-bond acceptors (Lipinski definition) is 9. The van der Waals surface area contributed by atoms with Crippen LogP contribution >= 0.6 is 15.9 Å². The van der Waals surface area contributed by atoms with Crippen molar-refractivity contribution in [1.29, 1.82) is 0 Å². The number of amides is 1. The molecular formula is C15H23BrN2O8. The molecule has 1 aromatic carbocycles. The molecule has 0 unspecified atom stereocenters. The molecule has 26 heavy (non-hydrogen) atoms. The normalized spacial score (nSPS) is 12.1. The van der Waals surface area contributed by atoms with E-state index in [-0.39, 0.29) is 18.1 Å². The van der Waals surface area contributed by atoms with E-state index < -0.39 is 23.4 Å². The average molecular weight is 439 g/mol. The van der Waals surface area contributed by atoms with Crippen LogP contribution in [0.15, 0.2) is 16.6 Å². The van der Waals surface area contributed by atoms with Gasteiger partial charge in [0.25, 0.3) is 5.79 Å². The lowest BCUT2D eigenvalue weighted by atomic mass is 10.0. The van der Waals surface area contributed by atoms with E-state index in [2.05, 4.69) is 15.9 Å². The second-order valence-electron chi connectivity index (χ2n) is 5.60. The first-order valence-electron chi connectivity index (χ1n) is 7.37. The van der Waals surface area contributed by atoms with Crippen LogP contribution in [0.4, 0.5) is 4.79 Å². The Kier molecular flexibility index (Phi) is 7.62. The third-order valence-electron chi connectivity index (χ3n) is 3.38. The maximum atomic E-state index is 11.7. The van der Waals surface area contributed by atoms with Gasteiger partial charge >= 0.3 is 12.0 Å². The zero-order valence-corrected chi connectivity index (χ0v) is 16.4. The van der Waals surface area contributed by atoms with Gasteiger partial charge < -0.3 is 39.5 Å². The highest BCUT2D eigenvalue weighted by Crippen LogP contribution is 2.40. The summed E-state index contributed by atoms with van der Waals surface area (Å²) in [5, 5.41) is 42.4. The maximum absolute atomic E-state index is 11.7. The predicted octanol–water partition coefficient (Wildman–Crippen LogP) is -0.470. The minimum Gasteiger partial charge on any atom is -0.496 e. The first-order chi connectivity index (χ1) is 12.0. The van der Waals surface area contributed by atoms with Crippen LogP contribution in [-0.4, -0.2) is 78.8 Å². The van der Waals surface area contributed by atoms with Gasteiger partial charge in [-0.25, -0.2) is 4.79 Å². The highest BCUT2D eigenvalue weighted by Gasteiger charge is 2.52. The number of nitrogens with one attached hydrogen (secondary N) is 1. The Bertz CT molecular complexity index is 636. The van der Waals surface area contributed by atoms with E-state index in [4.69, 9.17) is 14.2 Å². The molecule has 0 aromatic heterocycles. The number of ether oxygens (including phenoxy) is 3. The van der Waals surface area contributed by atoms with Crippen LogP contribution in [0.25, 0.3) is 0 Å². The summed E-state index contributed by atoms with van der Waals surface area (Å²) in [6, 6.07) is 2.45. The van der Waals surface area contributed by atoms with Crippen LogP contribution < -0.4 is 14.8 Å². The number of rotatable bonds is 8. The molecule has 0 fully saturated rings. The van der Waals surface area contributed by atoms with Crippen LogP contribution in [0.2, 0.25) is 0 Å². The number of halogens is 1. The number of likely N-dealkylation sites (N-methyl/N-ethyl adjacent to an activating group) is 1. The molecule has 1 aromatic rings. The van der Waals surface area contributed by atoms with Gasteiger partial charge in [0.15, 0.2) is 0 Å². The molecule has 0 aliphatic carbocycles. The molecule has 0 atom stereocenters. The molecule has 0 heterocycles. The monoisotopic (exact) mass is 438 g/mol. The standard InChI is InChI=1S/C15H23BrN2O8/c1-18(2)5-6-26-13(19)17-15(22,23)14(20,21)9-7-12(25-4)10(16)8-11(9)24-3/h7-8,20-23H,5-6H2,1-4H3,(H,17,19). The summed E-state index contributed by atoms with van der Waals surface area (Å²) in [5.41, 5.74) is -0.460. The molecule has 1 amide bonds. The number of benzene rings is 1. The molecule has 0 spiro atoms. The first kappa shape index (κ1) is 22.4. The van der Waals surface area contributed by atoms with E-state index in [0.29, 0.717) is 11.0 Å². The van der Waals surface area contributed by atoms with E-state index >= 15 is 0 Å². The average Bonchev–Trinajstić information content (AvgIpc) is 2.53. The Hall–Kier alpha value is -1.63. The maximum Gasteiger partial charge on any atom is 0.411 e. The highest BCUT2D eigenvalue weighted by molar-refractivity contribution is 9.10. The van der Waals surface area contributed by atoms with Gasteiger partial charge in [0.1, 0.15) is 18.1 Å². The van der Waals surface area contributed by atoms with Gasteiger partial charge in [-0.15, -0.1) is 0 Å². The molecule has 5 N–H and O–H groups in total. The van der Waals surface area contributed by atoms with Crippen molar-refractivity contribution in [3.8, 4) is 11.5 Å². The fourth-order valence-electron chi connectivity index (χ4n) is 1.91. The van der Waals surface area contributed by atoms with Crippen molar-refractivity contribution in [2.24, 2.45) is 0 Å². The van der Waals surface area contributed by atoms with Gasteiger partial charge in [0.05, 0.1) is 24.3 Å². The molecule has 0 saturated heterocycles. The Morgan fingerprint density at radius 3 is 2.23 bits per heavy atom. The van der Waals surface area contributed by atoms with E-state index in [1.54, 1.807) is 24.3 Å². The van der Waals surface area contributed by atoms with Gasteiger partial charge in [-0.2, -0.15) is 0 Å². The Labute approximate surface area is 159 Å². The summed E-state index contributed by atoms with van der Waals surface area (Å²) >= 11 is 3.19. The fourth-order valence-corrected chi connectivity index (χ4v) is 2.39. The number of alkyl carbamates (subject to hydrolysis) is 1. The topological polar surface area (TPSA) is 141 Å². The van der Waals surface area contributed by atoms with Crippen molar-refractivity contribution in [1.82, 2.24) is 10.2 Å². The fraction of sp³-hybridized carbons (Fsp3) is 0.533. The summed E-state index contributed by atoms with van der Waals surface area (Å²) in [6.07, 6.45) is -1.26. The number of carbonyl (C=O) groups is 1. The quantitative estimate of drug-likeness (QED) is 0.340. The molecule has 0 aliphatic heterocycles. The molecule has 0 radical (unpaired) electrons. The number of nitrogens with zero attached hydrogens (tertiary/aromatic N) is 1. The Morgan fingerprint density at radius 1 is 1.15 bits per heavy atom. The van der Waals surface area contributed by atoms with E-state index in [0.717, 1.165) is 6.07 Å². The van der Waals surface area contributed by atoms with Crippen LogP contribution in [0.3, 0.4) is 0 Å². The predicted molar refractivity (Wildman–Crippen MR) is 93.6 cm³/mol. The van der Waals surface area contributed by atoms with Crippen LogP contribution in [0.1, 0.15) is 5.56 Å². The molecule has 10 nitrogen and oxygen atoms in total. The lowest BCUT2D eigenvalue weighted by Gasteiger charge is -2.35. The van der Waals surface area contributed by atoms with E-state index in [1.807, 2.05) is 0 Å². The van der Waals surface area contributed by atoms with Crippen molar-refractivity contribution in [2.75, 3.05) is 41.5 Å². The summed E-state index contributed by atoms with van der Waals surface area (Å²) in [6.45, 7) is 0.340. The third kappa shape index (κ3) is 5.19. The second-order valence-corrected chi connectivity index (χ2v) is 6.45. The SMILES string of the molecule is COc1cc(C(O)(O)C(O)(O)NC(=O)OCCN(C)C)c(OC)cc1Br. The lowest BCUT2D eigenvalue weighted by molar-refractivity contribution is -0.375. The second kappa shape index (κ2) is 8.84. The smallest absolute Gasteiger partial charge is 0.411 e. The van der Waals surface area contributed by atoms with Crippen LogP contribution in [-0.2, 0) is 10.5 Å². The minimum atomic E-state index is -3.49. The number of hydrogen-bond donors (Lipinski definition) is 5. The van der Waals surface area contributed by atoms with Gasteiger partial charge in [0, 0.05) is 6.54 Å². The number of carbonyl (C=O) groups excluding carboxylic acids is 1. The molecule has 148 valence electrons. The van der Waals surface area contributed by atoms with E-state index in [9.17, 15) is 25.2 Å². The van der Waals surface area contributed by atoms with Gasteiger partial charge in [-0.3, -0.25) is 5.32 Å². The van der Waals surface area contributed by atoms with Gasteiger partial charge in [0.2, 0.25) is 0 Å². The van der Waals surface area contributed by atoms with Crippen LogP contribution in [0.5, 0.6) is 11.5 Å². The molecule has 0 aliphatic rings. The summed E-state index contributed by atoms with van der Waals surface area (Å²) in [4.78, 5) is 13.4. The highest BCUT2D eigenvalue weighted by atomic mass is 79.9. The van der Waals surface area contributed by atoms with Crippen molar-refractivity contribution in [3.63, 3.8) is 0 Å². The Morgan fingerprint density at radius 2 is 1.73 bits per heavy atom. The molecule has 1 rings (SSSR count). The lowest BCUT2D eigenvalue weighted by Crippen LogP contribution is -2.63. The van der Waals surface area contributed by atoms with Gasteiger partial charge in [-0.05, 0) is 42.2 Å². The van der Waals surface area contributed by atoms with E-state index in [1.165, 1.54) is 20.3 Å². The summed E-state index contributed by atoms with van der Waals surface area (Å²) in [7, 11) is 6.08. The zero-order valence-electron chi connectivity index (χ0n) is 14.8. The summed E-state index contributed by atoms with van der Waals surface area (Å²) in [5.74, 6) is -6.78. The molecule has 0 saturated carbocycles. The van der Waals surface area contributed by atoms with Gasteiger partial charge in [-0.1, -0.05) is 0 Å². The molecule has 0 bridgehead atoms. The van der Waals surface area contributed by atoms with Crippen molar-refractivity contribution in [3.05, 3.63) is 22.2 Å². The van der Waals surface area contributed by atoms with Crippen molar-refractivity contribution >= 4 is 22.0 Å². The van der Waals surface area contributed by atoms with Crippen molar-refractivity contribution < 1.29 is 39.4 Å². The number of methoxy groups -OCH3 is 2. The largest absolute Gasteiger partial charge is 0.496 e. The Balaban J connectivity index is 3.08. The van der Waals surface area contributed by atoms with Crippen molar-refractivity contribution in [2.45, 2.75) is 11.7 Å². The zero-order chi connectivity index (χ0) is 20.1. The molecule has 11 heteroatoms. The first-order valence-corrected chi connectivity index (χ1v) is 8.16. The molecular weight excluding hydrogens is 416 g/mol. The summed E-state index contributed by atoms with van der Waals surface area (Å²) < 4.78 is 15.2. The number of aliphatic hydroxyl groups is 4. The minimum absolute atomic E-state index is 0.0474. The van der Waals surface area contributed by atoms with Crippen LogP contribution in [0, 0.1) is 0 Å². The third-order valence-corrected chi connectivity index (χ3v) is 4.00.